The largest absolute Gasteiger partial charge is 0.493 e. The molecule has 0 fully saturated rings. The van der Waals surface area contributed by atoms with E-state index in [9.17, 15) is 10.2 Å². The van der Waals surface area contributed by atoms with Crippen LogP contribution in [0.25, 0.3) is 0 Å². The minimum Gasteiger partial charge on any atom is -0.493 e. The summed E-state index contributed by atoms with van der Waals surface area (Å²) in [6.07, 6.45) is 0.815. The Bertz CT molecular complexity index is 406. The first-order valence-electron chi connectivity index (χ1n) is 7.33. The van der Waals surface area contributed by atoms with E-state index in [0.717, 1.165) is 18.4 Å². The Morgan fingerprint density at radius 3 is 2.52 bits per heavy atom. The lowest BCUT2D eigenvalue weighted by Crippen LogP contribution is -2.23. The molecule has 2 N–H and O–H groups in total. The molecule has 0 aliphatic rings. The van der Waals surface area contributed by atoms with Gasteiger partial charge in [0.1, 0.15) is 12.7 Å². The molecule has 0 saturated heterocycles. The molecule has 0 bridgehead atoms. The van der Waals surface area contributed by atoms with Crippen molar-refractivity contribution in [2.24, 2.45) is 0 Å². The number of benzene rings is 1. The van der Waals surface area contributed by atoms with Crippen molar-refractivity contribution in [2.45, 2.75) is 38.9 Å². The van der Waals surface area contributed by atoms with Gasteiger partial charge in [0, 0.05) is 6.61 Å². The quantitative estimate of drug-likeness (QED) is 0.649. The van der Waals surface area contributed by atoms with Gasteiger partial charge in [0.2, 0.25) is 0 Å². The van der Waals surface area contributed by atoms with Crippen LogP contribution in [0.5, 0.6) is 11.5 Å². The summed E-state index contributed by atoms with van der Waals surface area (Å²) in [6, 6.07) is 5.22. The Kier molecular flexibility index (Phi) is 8.12. The van der Waals surface area contributed by atoms with Gasteiger partial charge in [0.15, 0.2) is 11.5 Å². The molecular weight excluding hydrogens is 272 g/mol. The lowest BCUT2D eigenvalue weighted by atomic mass is 10.1. The third kappa shape index (κ3) is 6.33. The minimum absolute atomic E-state index is 0.135. The van der Waals surface area contributed by atoms with E-state index < -0.39 is 12.2 Å². The highest BCUT2D eigenvalue weighted by Crippen LogP contribution is 2.30. The Labute approximate surface area is 126 Å². The molecule has 0 radical (unpaired) electrons. The fourth-order valence-electron chi connectivity index (χ4n) is 1.76. The van der Waals surface area contributed by atoms with Gasteiger partial charge in [0.05, 0.1) is 19.8 Å². The molecule has 5 heteroatoms. The van der Waals surface area contributed by atoms with E-state index in [2.05, 4.69) is 6.92 Å². The summed E-state index contributed by atoms with van der Waals surface area (Å²) in [5.41, 5.74) is 0.752. The predicted octanol–water partition coefficient (Wildman–Crippen LogP) is 2.30. The number of ether oxygens (including phenoxy) is 3. The summed E-state index contributed by atoms with van der Waals surface area (Å²) in [4.78, 5) is 0. The fourth-order valence-corrected chi connectivity index (χ4v) is 1.76. The summed E-state index contributed by atoms with van der Waals surface area (Å²) >= 11 is 0. The van der Waals surface area contributed by atoms with Crippen molar-refractivity contribution in [1.82, 2.24) is 0 Å². The lowest BCUT2D eigenvalue weighted by molar-refractivity contribution is 0.0108. The first-order chi connectivity index (χ1) is 10.1. The highest BCUT2D eigenvalue weighted by molar-refractivity contribution is 5.43. The van der Waals surface area contributed by atoms with Gasteiger partial charge in [-0.25, -0.2) is 0 Å². The Balaban J connectivity index is 2.47. The first-order valence-corrected chi connectivity index (χ1v) is 7.33. The molecule has 0 aromatic heterocycles. The number of hydrogen-bond acceptors (Lipinski definition) is 5. The zero-order chi connectivity index (χ0) is 15.7. The van der Waals surface area contributed by atoms with Gasteiger partial charge in [-0.15, -0.1) is 0 Å². The number of hydrogen-bond donors (Lipinski definition) is 2. The van der Waals surface area contributed by atoms with Crippen LogP contribution in [0.3, 0.4) is 0 Å². The first kappa shape index (κ1) is 17.8. The molecule has 2 unspecified atom stereocenters. The molecule has 1 aromatic rings. The van der Waals surface area contributed by atoms with Gasteiger partial charge in [-0.2, -0.15) is 0 Å². The summed E-state index contributed by atoms with van der Waals surface area (Å²) in [6.45, 7) is 4.82. The van der Waals surface area contributed by atoms with Crippen LogP contribution in [0, 0.1) is 0 Å². The number of aliphatic hydroxyl groups is 2. The summed E-state index contributed by atoms with van der Waals surface area (Å²) in [5.74, 6) is 1.07. The topological polar surface area (TPSA) is 68.2 Å². The molecular formula is C16H26O5. The van der Waals surface area contributed by atoms with Gasteiger partial charge >= 0.3 is 0 Å². The van der Waals surface area contributed by atoms with Gasteiger partial charge < -0.3 is 24.4 Å². The molecule has 21 heavy (non-hydrogen) atoms. The van der Waals surface area contributed by atoms with Gasteiger partial charge in [-0.1, -0.05) is 19.4 Å². The molecule has 5 nitrogen and oxygen atoms in total. The highest BCUT2D eigenvalue weighted by atomic mass is 16.5. The Morgan fingerprint density at radius 1 is 1.14 bits per heavy atom. The van der Waals surface area contributed by atoms with Crippen molar-refractivity contribution in [3.8, 4) is 11.5 Å². The molecule has 0 spiro atoms. The minimum atomic E-state index is -0.678. The summed E-state index contributed by atoms with van der Waals surface area (Å²) in [7, 11) is 1.54. The van der Waals surface area contributed by atoms with Crippen LogP contribution in [0.15, 0.2) is 18.2 Å². The number of aliphatic hydroxyl groups excluding tert-OH is 2. The van der Waals surface area contributed by atoms with E-state index in [1.165, 1.54) is 7.11 Å². The van der Waals surface area contributed by atoms with E-state index in [4.69, 9.17) is 14.2 Å². The number of unbranched alkanes of at least 4 members (excludes halogenated alkanes) is 1. The van der Waals surface area contributed by atoms with Gasteiger partial charge in [-0.05, 0) is 31.0 Å². The standard InChI is InChI=1S/C16H26O5/c1-4-5-8-20-10-14(18)11-21-15-7-6-13(12(2)17)9-16(15)19-3/h6-7,9,12,14,17-18H,4-5,8,10-11H2,1-3H3. The van der Waals surface area contributed by atoms with Crippen molar-refractivity contribution in [2.75, 3.05) is 26.9 Å². The molecule has 0 aliphatic carbocycles. The third-order valence-electron chi connectivity index (χ3n) is 3.05. The van der Waals surface area contributed by atoms with Crippen molar-refractivity contribution < 1.29 is 24.4 Å². The van der Waals surface area contributed by atoms with Crippen LogP contribution in [0.4, 0.5) is 0 Å². The Hall–Kier alpha value is -1.30. The average molecular weight is 298 g/mol. The second-order valence-corrected chi connectivity index (χ2v) is 4.98. The number of methoxy groups -OCH3 is 1. The summed E-state index contributed by atoms with van der Waals surface area (Å²) in [5, 5.41) is 19.3. The van der Waals surface area contributed by atoms with Crippen LogP contribution in [0.1, 0.15) is 38.4 Å². The maximum atomic E-state index is 9.79. The maximum Gasteiger partial charge on any atom is 0.161 e. The van der Waals surface area contributed by atoms with Crippen molar-refractivity contribution in [3.05, 3.63) is 23.8 Å². The predicted molar refractivity (Wildman–Crippen MR) is 80.9 cm³/mol. The van der Waals surface area contributed by atoms with Crippen LogP contribution in [-0.2, 0) is 4.74 Å². The molecule has 1 aromatic carbocycles. The molecule has 0 heterocycles. The molecule has 2 atom stereocenters. The third-order valence-corrected chi connectivity index (χ3v) is 3.05. The van der Waals surface area contributed by atoms with Crippen LogP contribution < -0.4 is 9.47 Å². The van der Waals surface area contributed by atoms with Crippen molar-refractivity contribution in [3.63, 3.8) is 0 Å². The maximum absolute atomic E-state index is 9.79. The molecule has 0 amide bonds. The van der Waals surface area contributed by atoms with E-state index >= 15 is 0 Å². The van der Waals surface area contributed by atoms with E-state index in [-0.39, 0.29) is 13.2 Å². The van der Waals surface area contributed by atoms with Gasteiger partial charge in [-0.3, -0.25) is 0 Å². The number of rotatable bonds is 10. The molecule has 1 rings (SSSR count). The monoisotopic (exact) mass is 298 g/mol. The zero-order valence-corrected chi connectivity index (χ0v) is 13.0. The van der Waals surface area contributed by atoms with E-state index in [0.29, 0.717) is 18.1 Å². The van der Waals surface area contributed by atoms with Crippen LogP contribution in [-0.4, -0.2) is 43.2 Å². The lowest BCUT2D eigenvalue weighted by Gasteiger charge is -2.16. The van der Waals surface area contributed by atoms with E-state index in [1.807, 2.05) is 0 Å². The smallest absolute Gasteiger partial charge is 0.161 e. The average Bonchev–Trinajstić information content (AvgIpc) is 2.49. The van der Waals surface area contributed by atoms with Crippen molar-refractivity contribution >= 4 is 0 Å². The molecule has 120 valence electrons. The fraction of sp³-hybridized carbons (Fsp3) is 0.625. The van der Waals surface area contributed by atoms with E-state index in [1.54, 1.807) is 25.1 Å². The van der Waals surface area contributed by atoms with Gasteiger partial charge in [0.25, 0.3) is 0 Å². The second-order valence-electron chi connectivity index (χ2n) is 4.98. The SMILES string of the molecule is CCCCOCC(O)COc1ccc(C(C)O)cc1OC. The molecule has 0 aliphatic heterocycles. The normalized spacial score (nSPS) is 13.8. The second kappa shape index (κ2) is 9.60. The highest BCUT2D eigenvalue weighted by Gasteiger charge is 2.11. The van der Waals surface area contributed by atoms with Crippen molar-refractivity contribution in [1.29, 1.82) is 0 Å². The van der Waals surface area contributed by atoms with Crippen LogP contribution in [0.2, 0.25) is 0 Å². The Morgan fingerprint density at radius 2 is 1.90 bits per heavy atom. The molecule has 0 saturated carbocycles. The zero-order valence-electron chi connectivity index (χ0n) is 13.0. The summed E-state index contributed by atoms with van der Waals surface area (Å²) < 4.78 is 16.1. The van der Waals surface area contributed by atoms with Crippen LogP contribution >= 0.6 is 0 Å².